The Morgan fingerprint density at radius 1 is 1.25 bits per heavy atom. The second-order valence-electron chi connectivity index (χ2n) is 6.69. The van der Waals surface area contributed by atoms with Crippen LogP contribution in [0.2, 0.25) is 0 Å². The molecule has 1 N–H and O–H groups in total. The minimum Gasteiger partial charge on any atom is -0.324 e. The first-order valence-electron chi connectivity index (χ1n) is 8.92. The van der Waals surface area contributed by atoms with Crippen LogP contribution in [0.15, 0.2) is 47.2 Å². The number of carbonyl (C=O) groups excluding carboxylic acids is 1. The summed E-state index contributed by atoms with van der Waals surface area (Å²) < 4.78 is 0. The Labute approximate surface area is 170 Å². The van der Waals surface area contributed by atoms with Crippen LogP contribution in [0.4, 0.5) is 11.4 Å². The molecular weight excluding hydrogens is 394 g/mol. The topological polar surface area (TPSA) is 75.5 Å². The van der Waals surface area contributed by atoms with Crippen molar-refractivity contribution in [3.8, 4) is 0 Å². The fourth-order valence-electron chi connectivity index (χ4n) is 3.65. The van der Waals surface area contributed by atoms with E-state index in [0.717, 1.165) is 13.0 Å². The number of carbonyl (C=O) groups is 1. The second-order valence-corrected chi connectivity index (χ2v) is 8.67. The van der Waals surface area contributed by atoms with Crippen LogP contribution >= 0.6 is 22.7 Å². The summed E-state index contributed by atoms with van der Waals surface area (Å²) in [5, 5.41) is 18.2. The fourth-order valence-corrected chi connectivity index (χ4v) is 5.43. The van der Waals surface area contributed by atoms with Gasteiger partial charge in [-0.2, -0.15) is 0 Å². The molecule has 144 valence electrons. The number of nitrogens with zero attached hydrogens (tertiary/aromatic N) is 2. The van der Waals surface area contributed by atoms with Crippen molar-refractivity contribution in [3.05, 3.63) is 78.2 Å². The van der Waals surface area contributed by atoms with Crippen LogP contribution in [0.1, 0.15) is 26.9 Å². The average molecular weight is 414 g/mol. The summed E-state index contributed by atoms with van der Waals surface area (Å²) in [6, 6.07) is 11.1. The SMILES string of the molecule is Cc1c(NC(=O)CN2CCc3sccc3C2c2cccs2)cccc1[N+](=O)[O-]. The highest BCUT2D eigenvalue weighted by Gasteiger charge is 2.31. The van der Waals surface area contributed by atoms with Crippen molar-refractivity contribution in [2.45, 2.75) is 19.4 Å². The maximum atomic E-state index is 12.8. The smallest absolute Gasteiger partial charge is 0.274 e. The van der Waals surface area contributed by atoms with Crippen molar-refractivity contribution in [1.82, 2.24) is 4.90 Å². The third kappa shape index (κ3) is 3.58. The predicted molar refractivity (Wildman–Crippen MR) is 112 cm³/mol. The van der Waals surface area contributed by atoms with E-state index in [1.165, 1.54) is 21.4 Å². The molecule has 1 atom stereocenters. The first-order valence-corrected chi connectivity index (χ1v) is 10.7. The Kier molecular flexibility index (Phi) is 5.25. The summed E-state index contributed by atoms with van der Waals surface area (Å²) in [5.74, 6) is -0.163. The van der Waals surface area contributed by atoms with E-state index in [0.29, 0.717) is 11.3 Å². The quantitative estimate of drug-likeness (QED) is 0.489. The van der Waals surface area contributed by atoms with Gasteiger partial charge in [0.05, 0.1) is 28.8 Å². The third-order valence-electron chi connectivity index (χ3n) is 5.00. The van der Waals surface area contributed by atoms with Crippen LogP contribution in [-0.4, -0.2) is 28.8 Å². The molecule has 1 aliphatic heterocycles. The molecule has 4 rings (SSSR count). The summed E-state index contributed by atoms with van der Waals surface area (Å²) in [5.41, 5.74) is 2.24. The molecule has 0 bridgehead atoms. The normalized spacial score (nSPS) is 16.5. The molecule has 8 heteroatoms. The summed E-state index contributed by atoms with van der Waals surface area (Å²) in [7, 11) is 0. The number of nitrogens with one attached hydrogen (secondary N) is 1. The van der Waals surface area contributed by atoms with Crippen LogP contribution in [0, 0.1) is 17.0 Å². The molecule has 1 unspecified atom stereocenters. The summed E-state index contributed by atoms with van der Waals surface area (Å²) in [6.07, 6.45) is 0.929. The van der Waals surface area contributed by atoms with E-state index in [1.54, 1.807) is 41.7 Å². The molecule has 1 aromatic carbocycles. The summed E-state index contributed by atoms with van der Waals surface area (Å²) in [6.45, 7) is 2.69. The van der Waals surface area contributed by atoms with Gasteiger partial charge < -0.3 is 5.32 Å². The highest BCUT2D eigenvalue weighted by atomic mass is 32.1. The Hall–Kier alpha value is -2.55. The number of benzene rings is 1. The molecule has 0 saturated heterocycles. The van der Waals surface area contributed by atoms with Crippen LogP contribution in [-0.2, 0) is 11.2 Å². The lowest BCUT2D eigenvalue weighted by Gasteiger charge is -2.34. The highest BCUT2D eigenvalue weighted by molar-refractivity contribution is 7.10. The Morgan fingerprint density at radius 2 is 2.11 bits per heavy atom. The van der Waals surface area contributed by atoms with E-state index in [4.69, 9.17) is 0 Å². The van der Waals surface area contributed by atoms with Crippen molar-refractivity contribution >= 4 is 40.0 Å². The lowest BCUT2D eigenvalue weighted by Crippen LogP contribution is -2.40. The zero-order valence-electron chi connectivity index (χ0n) is 15.3. The number of amides is 1. The van der Waals surface area contributed by atoms with Crippen molar-refractivity contribution in [2.75, 3.05) is 18.4 Å². The van der Waals surface area contributed by atoms with Gasteiger partial charge in [0.25, 0.3) is 5.69 Å². The van der Waals surface area contributed by atoms with E-state index in [-0.39, 0.29) is 24.2 Å². The molecule has 3 heterocycles. The van der Waals surface area contributed by atoms with Gasteiger partial charge in [0, 0.05) is 22.4 Å². The molecule has 3 aromatic rings. The van der Waals surface area contributed by atoms with Crippen LogP contribution < -0.4 is 5.32 Å². The average Bonchev–Trinajstić information content (AvgIpc) is 3.34. The Morgan fingerprint density at radius 3 is 2.86 bits per heavy atom. The van der Waals surface area contributed by atoms with Gasteiger partial charge in [-0.25, -0.2) is 0 Å². The molecule has 0 radical (unpaired) electrons. The molecule has 0 saturated carbocycles. The lowest BCUT2D eigenvalue weighted by molar-refractivity contribution is -0.385. The number of anilines is 1. The zero-order valence-corrected chi connectivity index (χ0v) is 16.9. The lowest BCUT2D eigenvalue weighted by atomic mass is 9.98. The van der Waals surface area contributed by atoms with Gasteiger partial charge in [-0.1, -0.05) is 12.1 Å². The monoisotopic (exact) mass is 413 g/mol. The maximum absolute atomic E-state index is 12.8. The first-order chi connectivity index (χ1) is 13.5. The van der Waals surface area contributed by atoms with E-state index in [2.05, 4.69) is 33.1 Å². The van der Waals surface area contributed by atoms with Gasteiger partial charge in [-0.15, -0.1) is 22.7 Å². The molecule has 2 aromatic heterocycles. The third-order valence-corrected chi connectivity index (χ3v) is 6.92. The van der Waals surface area contributed by atoms with Gasteiger partial charge in [0.2, 0.25) is 5.91 Å². The van der Waals surface area contributed by atoms with E-state index >= 15 is 0 Å². The number of hydrogen-bond acceptors (Lipinski definition) is 6. The van der Waals surface area contributed by atoms with Crippen molar-refractivity contribution in [2.24, 2.45) is 0 Å². The van der Waals surface area contributed by atoms with Gasteiger partial charge in [-0.05, 0) is 47.9 Å². The molecule has 0 spiro atoms. The fraction of sp³-hybridized carbons (Fsp3) is 0.250. The second kappa shape index (κ2) is 7.83. The molecule has 1 amide bonds. The van der Waals surface area contributed by atoms with Gasteiger partial charge >= 0.3 is 0 Å². The van der Waals surface area contributed by atoms with E-state index in [9.17, 15) is 14.9 Å². The maximum Gasteiger partial charge on any atom is 0.274 e. The van der Waals surface area contributed by atoms with Crippen molar-refractivity contribution < 1.29 is 9.72 Å². The molecule has 28 heavy (non-hydrogen) atoms. The number of hydrogen-bond donors (Lipinski definition) is 1. The number of nitro groups is 1. The van der Waals surface area contributed by atoms with E-state index < -0.39 is 4.92 Å². The van der Waals surface area contributed by atoms with Crippen molar-refractivity contribution in [3.63, 3.8) is 0 Å². The minimum absolute atomic E-state index is 0.00940. The largest absolute Gasteiger partial charge is 0.324 e. The van der Waals surface area contributed by atoms with Crippen LogP contribution in [0.25, 0.3) is 0 Å². The highest BCUT2D eigenvalue weighted by Crippen LogP contribution is 2.39. The predicted octanol–water partition coefficient (Wildman–Crippen LogP) is 4.61. The molecule has 0 aliphatic carbocycles. The Bertz CT molecular complexity index is 1010. The molecular formula is C20H19N3O3S2. The summed E-state index contributed by atoms with van der Waals surface area (Å²) in [4.78, 5) is 28.2. The van der Waals surface area contributed by atoms with E-state index in [1.807, 2.05) is 6.07 Å². The number of rotatable bonds is 5. The number of nitro benzene ring substituents is 1. The van der Waals surface area contributed by atoms with Crippen molar-refractivity contribution in [1.29, 1.82) is 0 Å². The summed E-state index contributed by atoms with van der Waals surface area (Å²) >= 11 is 3.46. The standard InChI is InChI=1S/C20H19N3O3S2/c1-13-15(4-2-5-16(13)23(25)26)21-19(24)12-22-9-7-17-14(8-11-28-17)20(22)18-6-3-10-27-18/h2-6,8,10-11,20H,7,9,12H2,1H3,(H,21,24). The zero-order chi connectivity index (χ0) is 19.7. The number of thiophene rings is 2. The van der Waals surface area contributed by atoms with Crippen LogP contribution in [0.5, 0.6) is 0 Å². The minimum atomic E-state index is -0.430. The Balaban J connectivity index is 1.54. The molecule has 6 nitrogen and oxygen atoms in total. The first kappa shape index (κ1) is 18.8. The number of fused-ring (bicyclic) bond motifs is 1. The molecule has 1 aliphatic rings. The van der Waals surface area contributed by atoms with Gasteiger partial charge in [0.15, 0.2) is 0 Å². The van der Waals surface area contributed by atoms with Gasteiger partial charge in [-0.3, -0.25) is 19.8 Å². The van der Waals surface area contributed by atoms with Gasteiger partial charge in [0.1, 0.15) is 0 Å². The van der Waals surface area contributed by atoms with Crippen LogP contribution in [0.3, 0.4) is 0 Å². The molecule has 0 fully saturated rings.